The van der Waals surface area contributed by atoms with Gasteiger partial charge in [-0.1, -0.05) is 19.6 Å². The monoisotopic (exact) mass is 373 g/mol. The summed E-state index contributed by atoms with van der Waals surface area (Å²) in [5, 5.41) is 0. The van der Waals surface area contributed by atoms with Crippen molar-refractivity contribution in [2.24, 2.45) is 0 Å². The number of hydrogen-bond acceptors (Lipinski definition) is 6. The van der Waals surface area contributed by atoms with Gasteiger partial charge in [-0.05, 0) is 18.2 Å². The van der Waals surface area contributed by atoms with Crippen molar-refractivity contribution in [1.29, 1.82) is 0 Å². The minimum absolute atomic E-state index is 0.0131. The van der Waals surface area contributed by atoms with E-state index >= 15 is 0 Å². The molecule has 1 saturated heterocycles. The lowest BCUT2D eigenvalue weighted by Gasteiger charge is -2.27. The van der Waals surface area contributed by atoms with Gasteiger partial charge in [-0.3, -0.25) is 9.59 Å². The third kappa shape index (κ3) is 4.34. The second kappa shape index (κ2) is 6.45. The zero-order valence-corrected chi connectivity index (χ0v) is 16.1. The first-order chi connectivity index (χ1) is 11.0. The smallest absolute Gasteiger partial charge is 0.325 e. The van der Waals surface area contributed by atoms with Crippen molar-refractivity contribution in [3.63, 3.8) is 0 Å². The van der Waals surface area contributed by atoms with E-state index < -0.39 is 35.7 Å². The molecule has 1 heterocycles. The summed E-state index contributed by atoms with van der Waals surface area (Å²) in [5.41, 5.74) is -1.22. The zero-order valence-electron chi connectivity index (χ0n) is 14.3. The molecule has 9 heteroatoms. The molecule has 134 valence electrons. The molecule has 0 radical (unpaired) electrons. The van der Waals surface area contributed by atoms with Crippen LogP contribution in [-0.4, -0.2) is 52.7 Å². The van der Waals surface area contributed by atoms with Gasteiger partial charge in [0, 0.05) is 20.6 Å². The molecule has 2 rings (SSSR count). The number of rotatable bonds is 6. The average Bonchev–Trinajstić information content (AvgIpc) is 2.75. The van der Waals surface area contributed by atoms with E-state index in [0.29, 0.717) is 6.04 Å². The highest BCUT2D eigenvalue weighted by Gasteiger charge is 2.51. The van der Waals surface area contributed by atoms with E-state index in [1.54, 1.807) is 0 Å². The fourth-order valence-corrected chi connectivity index (χ4v) is 6.82. The molecule has 1 N–H and O–H groups in total. The first-order valence-electron chi connectivity index (χ1n) is 7.69. The summed E-state index contributed by atoms with van der Waals surface area (Å²) in [7, 11) is -3.73. The Hall–Kier alpha value is -1.45. The highest BCUT2D eigenvalue weighted by molar-refractivity contribution is 7.89. The predicted molar refractivity (Wildman–Crippen MR) is 91.5 cm³/mol. The Morgan fingerprint density at radius 2 is 2.04 bits per heavy atom. The lowest BCUT2D eigenvalue weighted by molar-refractivity contribution is -0.146. The predicted octanol–water partition coefficient (Wildman–Crippen LogP) is 0.967. The summed E-state index contributed by atoms with van der Waals surface area (Å²) in [4.78, 5) is 23.6. The second-order valence-corrected chi connectivity index (χ2v) is 14.8. The Balaban J connectivity index is 2.12. The Labute approximate surface area is 143 Å². The minimum Gasteiger partial charge on any atom is -0.496 e. The number of ether oxygens (including phenoxy) is 2. The number of nitrogens with one attached hydrogen (secondary N) is 1. The molecule has 2 atom stereocenters. The molecule has 1 aliphatic heterocycles. The Morgan fingerprint density at radius 3 is 2.62 bits per heavy atom. The summed E-state index contributed by atoms with van der Waals surface area (Å²) in [5.74, 6) is -0.755. The van der Waals surface area contributed by atoms with Crippen molar-refractivity contribution in [2.45, 2.75) is 43.7 Å². The highest BCUT2D eigenvalue weighted by Crippen LogP contribution is 2.37. The Kier molecular flexibility index (Phi) is 5.08. The summed E-state index contributed by atoms with van der Waals surface area (Å²) in [6.45, 7) is 6.25. The normalized spacial score (nSPS) is 27.3. The Morgan fingerprint density at radius 1 is 1.38 bits per heavy atom. The van der Waals surface area contributed by atoms with E-state index in [1.165, 1.54) is 25.3 Å². The molecular formula is C15H23NO6SSi. The molecule has 1 spiro atoms. The van der Waals surface area contributed by atoms with Gasteiger partial charge in [0.1, 0.15) is 11.8 Å². The van der Waals surface area contributed by atoms with Gasteiger partial charge in [0.2, 0.25) is 10.0 Å². The van der Waals surface area contributed by atoms with Gasteiger partial charge in [0.25, 0.3) is 0 Å². The van der Waals surface area contributed by atoms with Crippen LogP contribution in [0.15, 0.2) is 24.0 Å². The van der Waals surface area contributed by atoms with E-state index in [0.717, 1.165) is 0 Å². The molecule has 1 aliphatic carbocycles. The number of allylic oxidation sites excluding steroid dienone is 2. The molecule has 0 unspecified atom stereocenters. The van der Waals surface area contributed by atoms with Crippen LogP contribution in [0.3, 0.4) is 0 Å². The SMILES string of the molecule is COC1=CC(=O)C=C[C@@]12C[C@H](NS(=O)(=O)CC[Si](C)(C)C)C(=O)O2. The number of methoxy groups -OCH3 is 1. The maximum Gasteiger partial charge on any atom is 0.325 e. The third-order valence-corrected chi connectivity index (χ3v) is 7.44. The lowest BCUT2D eigenvalue weighted by Crippen LogP contribution is -2.41. The fourth-order valence-electron chi connectivity index (χ4n) is 2.57. The van der Waals surface area contributed by atoms with Crippen LogP contribution in [0.5, 0.6) is 0 Å². The maximum atomic E-state index is 12.2. The fraction of sp³-hybridized carbons (Fsp3) is 0.600. The van der Waals surface area contributed by atoms with Gasteiger partial charge >= 0.3 is 5.97 Å². The van der Waals surface area contributed by atoms with Gasteiger partial charge in [-0.2, -0.15) is 0 Å². The number of carbonyl (C=O) groups excluding carboxylic acids is 2. The van der Waals surface area contributed by atoms with Gasteiger partial charge in [-0.25, -0.2) is 13.1 Å². The zero-order chi connectivity index (χ0) is 18.2. The van der Waals surface area contributed by atoms with E-state index in [9.17, 15) is 18.0 Å². The van der Waals surface area contributed by atoms with Crippen LogP contribution in [0.2, 0.25) is 25.7 Å². The molecular weight excluding hydrogens is 350 g/mol. The number of ketones is 1. The van der Waals surface area contributed by atoms with Gasteiger partial charge in [-0.15, -0.1) is 0 Å². The average molecular weight is 374 g/mol. The van der Waals surface area contributed by atoms with Crippen LogP contribution in [0.1, 0.15) is 6.42 Å². The molecule has 1 fully saturated rings. The molecule has 7 nitrogen and oxygen atoms in total. The van der Waals surface area contributed by atoms with Crippen molar-refractivity contribution in [3.8, 4) is 0 Å². The van der Waals surface area contributed by atoms with E-state index in [1.807, 2.05) is 0 Å². The lowest BCUT2D eigenvalue weighted by atomic mass is 9.91. The number of hydrogen-bond donors (Lipinski definition) is 1. The standard InChI is InChI=1S/C15H23NO6SSi/c1-21-13-9-11(17)5-6-15(13)10-12(14(18)22-15)16-23(19,20)7-8-24(2,3)4/h5-6,9,12,16H,7-8,10H2,1-4H3/t12-,15+/m0/s1. The van der Waals surface area contributed by atoms with Crippen molar-refractivity contribution < 1.29 is 27.5 Å². The highest BCUT2D eigenvalue weighted by atomic mass is 32.2. The number of sulfonamides is 1. The quantitative estimate of drug-likeness (QED) is 0.550. The van der Waals surface area contributed by atoms with Gasteiger partial charge < -0.3 is 9.47 Å². The second-order valence-electron chi connectivity index (χ2n) is 7.26. The molecule has 2 aliphatic rings. The van der Waals surface area contributed by atoms with Crippen LogP contribution in [-0.2, 0) is 29.1 Å². The van der Waals surface area contributed by atoms with Crippen LogP contribution < -0.4 is 4.72 Å². The Bertz CT molecular complexity index is 706. The van der Waals surface area contributed by atoms with E-state index in [2.05, 4.69) is 24.4 Å². The molecule has 0 aromatic carbocycles. The van der Waals surface area contributed by atoms with E-state index in [-0.39, 0.29) is 23.7 Å². The van der Waals surface area contributed by atoms with Crippen LogP contribution in [0.25, 0.3) is 0 Å². The minimum atomic E-state index is -3.59. The van der Waals surface area contributed by atoms with Crippen molar-refractivity contribution in [1.82, 2.24) is 4.72 Å². The topological polar surface area (TPSA) is 98.8 Å². The first-order valence-corrected chi connectivity index (χ1v) is 13.0. The molecule has 0 aromatic rings. The van der Waals surface area contributed by atoms with Crippen LogP contribution in [0, 0.1) is 0 Å². The van der Waals surface area contributed by atoms with Crippen molar-refractivity contribution in [2.75, 3.05) is 12.9 Å². The van der Waals surface area contributed by atoms with Gasteiger partial charge in [0.15, 0.2) is 11.4 Å². The molecule has 24 heavy (non-hydrogen) atoms. The van der Waals surface area contributed by atoms with E-state index in [4.69, 9.17) is 9.47 Å². The summed E-state index contributed by atoms with van der Waals surface area (Å²) >= 11 is 0. The van der Waals surface area contributed by atoms with Crippen molar-refractivity contribution in [3.05, 3.63) is 24.0 Å². The first kappa shape index (κ1) is 18.9. The van der Waals surface area contributed by atoms with Crippen molar-refractivity contribution >= 4 is 29.8 Å². The molecule has 0 saturated carbocycles. The summed E-state index contributed by atoms with van der Waals surface area (Å²) in [6.07, 6.45) is 4.04. The maximum absolute atomic E-state index is 12.2. The summed E-state index contributed by atoms with van der Waals surface area (Å²) in [6, 6.07) is -0.389. The molecule has 0 bridgehead atoms. The largest absolute Gasteiger partial charge is 0.496 e. The van der Waals surface area contributed by atoms with Crippen LogP contribution >= 0.6 is 0 Å². The number of esters is 1. The molecule has 0 amide bonds. The third-order valence-electron chi connectivity index (χ3n) is 3.94. The van der Waals surface area contributed by atoms with Crippen LogP contribution in [0.4, 0.5) is 0 Å². The van der Waals surface area contributed by atoms with Gasteiger partial charge in [0.05, 0.1) is 12.9 Å². The number of carbonyl (C=O) groups is 2. The molecule has 0 aromatic heterocycles. The summed E-state index contributed by atoms with van der Waals surface area (Å²) < 4.78 is 37.4.